The van der Waals surface area contributed by atoms with Gasteiger partial charge in [0.1, 0.15) is 12.2 Å². The van der Waals surface area contributed by atoms with Gasteiger partial charge in [0.05, 0.1) is 16.4 Å². The van der Waals surface area contributed by atoms with Gasteiger partial charge in [-0.1, -0.05) is 51.8 Å². The van der Waals surface area contributed by atoms with E-state index in [9.17, 15) is 14.4 Å². The zero-order valence-electron chi connectivity index (χ0n) is 18.2. The molecule has 1 aliphatic heterocycles. The average Bonchev–Trinajstić information content (AvgIpc) is 2.81. The van der Waals surface area contributed by atoms with Gasteiger partial charge in [-0.25, -0.2) is 9.69 Å². The topological polar surface area (TPSA) is 84.9 Å². The number of imide groups is 2. The number of hydrogen-bond acceptors (Lipinski definition) is 5. The highest BCUT2D eigenvalue weighted by Gasteiger charge is 2.37. The molecule has 1 fully saturated rings. The van der Waals surface area contributed by atoms with Gasteiger partial charge in [0, 0.05) is 15.1 Å². The minimum Gasteiger partial charge on any atom is -0.493 e. The van der Waals surface area contributed by atoms with E-state index in [1.165, 1.54) is 13.2 Å². The predicted octanol–water partition coefficient (Wildman–Crippen LogP) is 5.96. The average molecular weight is 668 g/mol. The van der Waals surface area contributed by atoms with Gasteiger partial charge in [-0.2, -0.15) is 0 Å². The number of methoxy groups -OCH3 is 1. The van der Waals surface area contributed by atoms with E-state index in [2.05, 4.69) is 43.8 Å². The molecule has 0 aliphatic carbocycles. The standard InChI is InChI=1S/C25H17BrClIN2O5/c1-34-21-11-14(10-20(28)22(21)35-13-15-5-2-3-8-19(15)27)9-18-23(31)29-25(33)30(24(18)32)17-7-4-6-16(26)12-17/h2-12H,13H2,1H3,(H,29,31,33)/b18-9+. The molecule has 4 amide bonds. The fraction of sp³-hybridized carbons (Fsp3) is 0.0800. The summed E-state index contributed by atoms with van der Waals surface area (Å²) >= 11 is 11.6. The maximum absolute atomic E-state index is 13.2. The van der Waals surface area contributed by atoms with E-state index in [0.29, 0.717) is 35.8 Å². The number of ether oxygens (including phenoxy) is 2. The van der Waals surface area contributed by atoms with Crippen LogP contribution in [0.15, 0.2) is 70.7 Å². The van der Waals surface area contributed by atoms with E-state index in [4.69, 9.17) is 21.1 Å². The Hall–Kier alpha value is -2.89. The zero-order valence-corrected chi connectivity index (χ0v) is 22.7. The van der Waals surface area contributed by atoms with Crippen molar-refractivity contribution >= 4 is 79.7 Å². The molecule has 0 aromatic heterocycles. The van der Waals surface area contributed by atoms with Crippen molar-refractivity contribution in [2.45, 2.75) is 6.61 Å². The number of anilines is 1. The fourth-order valence-corrected chi connectivity index (χ4v) is 4.76. The third kappa shape index (κ3) is 5.52. The molecule has 7 nitrogen and oxygen atoms in total. The quantitative estimate of drug-likeness (QED) is 0.199. The maximum Gasteiger partial charge on any atom is 0.335 e. The molecule has 10 heteroatoms. The van der Waals surface area contributed by atoms with Gasteiger partial charge in [0.25, 0.3) is 11.8 Å². The van der Waals surface area contributed by atoms with Crippen molar-refractivity contribution in [3.05, 3.63) is 90.4 Å². The molecule has 3 aromatic rings. The van der Waals surface area contributed by atoms with Crippen LogP contribution in [0.25, 0.3) is 6.08 Å². The second-order valence-corrected chi connectivity index (χ2v) is 9.84. The molecule has 35 heavy (non-hydrogen) atoms. The van der Waals surface area contributed by atoms with E-state index in [-0.39, 0.29) is 12.2 Å². The first-order chi connectivity index (χ1) is 16.8. The van der Waals surface area contributed by atoms with E-state index in [0.717, 1.165) is 10.5 Å². The summed E-state index contributed by atoms with van der Waals surface area (Å²) in [6, 6.07) is 16.6. The van der Waals surface area contributed by atoms with Crippen LogP contribution in [-0.2, 0) is 16.2 Å². The van der Waals surface area contributed by atoms with Crippen molar-refractivity contribution in [3.8, 4) is 11.5 Å². The molecule has 0 saturated carbocycles. The Balaban J connectivity index is 1.65. The Bertz CT molecular complexity index is 1380. The number of urea groups is 1. The molecule has 0 radical (unpaired) electrons. The molecule has 0 bridgehead atoms. The van der Waals surface area contributed by atoms with Crippen LogP contribution in [-0.4, -0.2) is 25.0 Å². The van der Waals surface area contributed by atoms with E-state index >= 15 is 0 Å². The third-order valence-corrected chi connectivity index (χ3v) is 6.72. The highest BCUT2D eigenvalue weighted by Crippen LogP contribution is 2.36. The van der Waals surface area contributed by atoms with Crippen molar-refractivity contribution in [2.24, 2.45) is 0 Å². The lowest BCUT2D eigenvalue weighted by Crippen LogP contribution is -2.54. The summed E-state index contributed by atoms with van der Waals surface area (Å²) in [6.45, 7) is 0.233. The number of halogens is 3. The van der Waals surface area contributed by atoms with Crippen LogP contribution < -0.4 is 19.7 Å². The van der Waals surface area contributed by atoms with Crippen LogP contribution >= 0.6 is 50.1 Å². The molecule has 0 atom stereocenters. The molecule has 4 rings (SSSR count). The summed E-state index contributed by atoms with van der Waals surface area (Å²) in [5.74, 6) is -0.593. The second kappa shape index (κ2) is 10.8. The van der Waals surface area contributed by atoms with Crippen LogP contribution in [0.1, 0.15) is 11.1 Å². The summed E-state index contributed by atoms with van der Waals surface area (Å²) < 4.78 is 12.9. The van der Waals surface area contributed by atoms with Crippen LogP contribution in [0.5, 0.6) is 11.5 Å². The number of barbiturate groups is 1. The molecule has 1 aliphatic rings. The molecule has 3 aromatic carbocycles. The second-order valence-electron chi connectivity index (χ2n) is 7.35. The highest BCUT2D eigenvalue weighted by atomic mass is 127. The number of hydrogen-bond donors (Lipinski definition) is 1. The molecule has 178 valence electrons. The van der Waals surface area contributed by atoms with Crippen molar-refractivity contribution in [1.29, 1.82) is 0 Å². The van der Waals surface area contributed by atoms with E-state index < -0.39 is 17.8 Å². The molecule has 0 unspecified atom stereocenters. The summed E-state index contributed by atoms with van der Waals surface area (Å²) in [7, 11) is 1.50. The first kappa shape index (κ1) is 25.2. The first-order valence-electron chi connectivity index (χ1n) is 10.2. The Labute approximate surface area is 228 Å². The van der Waals surface area contributed by atoms with Gasteiger partial charge >= 0.3 is 6.03 Å². The summed E-state index contributed by atoms with van der Waals surface area (Å²) in [5.41, 5.74) is 1.49. The zero-order chi connectivity index (χ0) is 25.1. The van der Waals surface area contributed by atoms with Gasteiger partial charge in [-0.15, -0.1) is 0 Å². The summed E-state index contributed by atoms with van der Waals surface area (Å²) in [6.07, 6.45) is 1.41. The molecule has 1 heterocycles. The van der Waals surface area contributed by atoms with Gasteiger partial charge in [-0.05, 0) is 70.6 Å². The van der Waals surface area contributed by atoms with Crippen molar-refractivity contribution in [1.82, 2.24) is 5.32 Å². The van der Waals surface area contributed by atoms with Gasteiger partial charge in [0.2, 0.25) is 0 Å². The number of amides is 4. The molecule has 0 spiro atoms. The largest absolute Gasteiger partial charge is 0.493 e. The maximum atomic E-state index is 13.2. The third-order valence-electron chi connectivity index (χ3n) is 5.06. The molecule has 1 N–H and O–H groups in total. The number of carbonyl (C=O) groups is 3. The predicted molar refractivity (Wildman–Crippen MR) is 145 cm³/mol. The lowest BCUT2D eigenvalue weighted by Gasteiger charge is -2.26. The smallest absolute Gasteiger partial charge is 0.335 e. The number of benzene rings is 3. The fourth-order valence-electron chi connectivity index (χ4n) is 3.40. The van der Waals surface area contributed by atoms with E-state index in [1.54, 1.807) is 42.5 Å². The highest BCUT2D eigenvalue weighted by molar-refractivity contribution is 14.1. The van der Waals surface area contributed by atoms with Crippen molar-refractivity contribution < 1.29 is 23.9 Å². The van der Waals surface area contributed by atoms with Gasteiger partial charge in [0.15, 0.2) is 11.5 Å². The van der Waals surface area contributed by atoms with Crippen molar-refractivity contribution in [2.75, 3.05) is 12.0 Å². The minimum atomic E-state index is -0.814. The van der Waals surface area contributed by atoms with Crippen LogP contribution in [0.4, 0.5) is 10.5 Å². The SMILES string of the molecule is COc1cc(/C=C2\C(=O)NC(=O)N(c3cccc(Br)c3)C2=O)cc(I)c1OCc1ccccc1Cl. The Kier molecular flexibility index (Phi) is 7.78. The molecular formula is C25H17BrClIN2O5. The monoisotopic (exact) mass is 666 g/mol. The number of rotatable bonds is 6. The first-order valence-corrected chi connectivity index (χ1v) is 12.4. The number of nitrogens with one attached hydrogen (secondary N) is 1. The molecule has 1 saturated heterocycles. The van der Waals surface area contributed by atoms with Crippen molar-refractivity contribution in [3.63, 3.8) is 0 Å². The minimum absolute atomic E-state index is 0.188. The molecular weight excluding hydrogens is 651 g/mol. The van der Waals surface area contributed by atoms with Crippen LogP contribution in [0.3, 0.4) is 0 Å². The number of carbonyl (C=O) groups excluding carboxylic acids is 3. The number of nitrogens with zero attached hydrogens (tertiary/aromatic N) is 1. The Morgan fingerprint density at radius 3 is 2.57 bits per heavy atom. The lowest BCUT2D eigenvalue weighted by atomic mass is 10.1. The van der Waals surface area contributed by atoms with Gasteiger partial charge in [-0.3, -0.25) is 14.9 Å². The van der Waals surface area contributed by atoms with E-state index in [1.807, 2.05) is 18.2 Å². The summed E-state index contributed by atoms with van der Waals surface area (Å²) in [5, 5.41) is 2.81. The van der Waals surface area contributed by atoms with Gasteiger partial charge < -0.3 is 9.47 Å². The van der Waals surface area contributed by atoms with Crippen LogP contribution in [0, 0.1) is 3.57 Å². The summed E-state index contributed by atoms with van der Waals surface area (Å²) in [4.78, 5) is 39.0. The normalized spacial score (nSPS) is 14.8. The Morgan fingerprint density at radius 1 is 1.09 bits per heavy atom. The Morgan fingerprint density at radius 2 is 1.86 bits per heavy atom. The van der Waals surface area contributed by atoms with Crippen LogP contribution in [0.2, 0.25) is 5.02 Å². The lowest BCUT2D eigenvalue weighted by molar-refractivity contribution is -0.122.